The summed E-state index contributed by atoms with van der Waals surface area (Å²) in [6.07, 6.45) is 0. The van der Waals surface area contributed by atoms with Gasteiger partial charge < -0.3 is 9.80 Å². The molecular weight excluding hydrogens is 374 g/mol. The van der Waals surface area contributed by atoms with Crippen LogP contribution < -0.4 is 0 Å². The Kier molecular flexibility index (Phi) is 5.58. The van der Waals surface area contributed by atoms with Gasteiger partial charge in [0, 0.05) is 42.9 Å². The van der Waals surface area contributed by atoms with Crippen molar-refractivity contribution >= 4 is 11.8 Å². The maximum Gasteiger partial charge on any atom is 0.254 e. The van der Waals surface area contributed by atoms with E-state index in [0.717, 1.165) is 11.1 Å². The number of amides is 2. The molecular formula is C25H21N3O2. The molecule has 1 aliphatic heterocycles. The third-order valence-electron chi connectivity index (χ3n) is 5.37. The number of hydrogen-bond donors (Lipinski definition) is 0. The van der Waals surface area contributed by atoms with E-state index >= 15 is 0 Å². The van der Waals surface area contributed by atoms with E-state index in [2.05, 4.69) is 6.07 Å². The van der Waals surface area contributed by atoms with Crippen molar-refractivity contribution in [3.05, 3.63) is 95.6 Å². The number of carbonyl (C=O) groups excluding carboxylic acids is 2. The Balaban J connectivity index is 1.52. The number of nitrogens with zero attached hydrogens (tertiary/aromatic N) is 3. The minimum absolute atomic E-state index is 0.00829. The highest BCUT2D eigenvalue weighted by Crippen LogP contribution is 2.28. The zero-order chi connectivity index (χ0) is 20.9. The molecule has 0 N–H and O–H groups in total. The van der Waals surface area contributed by atoms with E-state index in [9.17, 15) is 14.9 Å². The number of hydrogen-bond acceptors (Lipinski definition) is 3. The fourth-order valence-electron chi connectivity index (χ4n) is 3.77. The molecule has 3 aromatic rings. The number of rotatable bonds is 3. The van der Waals surface area contributed by atoms with Gasteiger partial charge in [0.15, 0.2) is 0 Å². The van der Waals surface area contributed by atoms with Gasteiger partial charge in [0.05, 0.1) is 11.6 Å². The van der Waals surface area contributed by atoms with E-state index in [0.29, 0.717) is 42.9 Å². The molecule has 3 aromatic carbocycles. The van der Waals surface area contributed by atoms with Crippen LogP contribution in [0.1, 0.15) is 26.3 Å². The molecule has 0 saturated carbocycles. The number of benzene rings is 3. The summed E-state index contributed by atoms with van der Waals surface area (Å²) in [6, 6.07) is 26.1. The SMILES string of the molecule is N#Cc1ccccc1-c1ccccc1C(=O)N1CCN(C(=O)c2ccccc2)CC1. The molecule has 1 fully saturated rings. The fourth-order valence-corrected chi connectivity index (χ4v) is 3.77. The minimum atomic E-state index is -0.0786. The van der Waals surface area contributed by atoms with Crippen LogP contribution in [0.2, 0.25) is 0 Å². The van der Waals surface area contributed by atoms with Crippen LogP contribution in [-0.4, -0.2) is 47.8 Å². The summed E-state index contributed by atoms with van der Waals surface area (Å²) in [5.41, 5.74) is 3.28. The first kappa shape index (κ1) is 19.4. The van der Waals surface area contributed by atoms with E-state index in [1.807, 2.05) is 66.7 Å². The van der Waals surface area contributed by atoms with Crippen molar-refractivity contribution in [3.63, 3.8) is 0 Å². The third kappa shape index (κ3) is 3.81. The monoisotopic (exact) mass is 395 g/mol. The van der Waals surface area contributed by atoms with Crippen LogP contribution in [-0.2, 0) is 0 Å². The van der Waals surface area contributed by atoms with Crippen molar-refractivity contribution < 1.29 is 9.59 Å². The van der Waals surface area contributed by atoms with E-state index in [4.69, 9.17) is 0 Å². The van der Waals surface area contributed by atoms with Gasteiger partial charge in [-0.1, -0.05) is 54.6 Å². The van der Waals surface area contributed by atoms with Gasteiger partial charge in [-0.2, -0.15) is 5.26 Å². The molecule has 0 spiro atoms. The first-order chi connectivity index (χ1) is 14.7. The Labute approximate surface area is 175 Å². The zero-order valence-electron chi connectivity index (χ0n) is 16.5. The maximum atomic E-state index is 13.3. The summed E-state index contributed by atoms with van der Waals surface area (Å²) in [4.78, 5) is 29.5. The molecule has 1 aliphatic rings. The molecule has 0 aromatic heterocycles. The topological polar surface area (TPSA) is 64.4 Å². The summed E-state index contributed by atoms with van der Waals surface area (Å²) in [5.74, 6) is -0.0869. The molecule has 5 nitrogen and oxygen atoms in total. The Morgan fingerprint density at radius 2 is 1.20 bits per heavy atom. The normalized spacial score (nSPS) is 13.6. The van der Waals surface area contributed by atoms with Gasteiger partial charge in [-0.05, 0) is 29.8 Å². The summed E-state index contributed by atoms with van der Waals surface area (Å²) in [5, 5.41) is 9.45. The molecule has 148 valence electrons. The average Bonchev–Trinajstić information content (AvgIpc) is 2.83. The molecule has 0 aliphatic carbocycles. The van der Waals surface area contributed by atoms with Crippen molar-refractivity contribution in [1.82, 2.24) is 9.80 Å². The standard InChI is InChI=1S/C25H21N3O2/c26-18-20-10-4-5-11-21(20)22-12-6-7-13-23(22)25(30)28-16-14-27(15-17-28)24(29)19-8-2-1-3-9-19/h1-13H,14-17H2. The fraction of sp³-hybridized carbons (Fsp3) is 0.160. The molecule has 0 bridgehead atoms. The molecule has 5 heteroatoms. The number of nitriles is 1. The van der Waals surface area contributed by atoms with Crippen molar-refractivity contribution in [2.75, 3.05) is 26.2 Å². The second kappa shape index (κ2) is 8.62. The highest BCUT2D eigenvalue weighted by molar-refractivity contribution is 6.01. The lowest BCUT2D eigenvalue weighted by atomic mass is 9.95. The lowest BCUT2D eigenvalue weighted by Crippen LogP contribution is -2.50. The van der Waals surface area contributed by atoms with Gasteiger partial charge in [0.25, 0.3) is 11.8 Å². The maximum absolute atomic E-state index is 13.3. The van der Waals surface area contributed by atoms with Crippen molar-refractivity contribution in [2.24, 2.45) is 0 Å². The van der Waals surface area contributed by atoms with E-state index in [1.54, 1.807) is 21.9 Å². The Bertz CT molecular complexity index is 1110. The average molecular weight is 395 g/mol. The van der Waals surface area contributed by atoms with Crippen LogP contribution >= 0.6 is 0 Å². The molecule has 0 atom stereocenters. The first-order valence-corrected chi connectivity index (χ1v) is 9.91. The van der Waals surface area contributed by atoms with Gasteiger partial charge >= 0.3 is 0 Å². The Morgan fingerprint density at radius 1 is 0.667 bits per heavy atom. The molecule has 1 heterocycles. The van der Waals surface area contributed by atoms with Gasteiger partial charge in [-0.3, -0.25) is 9.59 Å². The molecule has 4 rings (SSSR count). The number of piperazine rings is 1. The van der Waals surface area contributed by atoms with Crippen LogP contribution in [0, 0.1) is 11.3 Å². The van der Waals surface area contributed by atoms with Crippen molar-refractivity contribution in [2.45, 2.75) is 0 Å². The predicted octanol–water partition coefficient (Wildman–Crippen LogP) is 3.82. The molecule has 2 amide bonds. The van der Waals surface area contributed by atoms with Crippen LogP contribution in [0.5, 0.6) is 0 Å². The van der Waals surface area contributed by atoms with Crippen LogP contribution in [0.25, 0.3) is 11.1 Å². The third-order valence-corrected chi connectivity index (χ3v) is 5.37. The van der Waals surface area contributed by atoms with E-state index < -0.39 is 0 Å². The molecule has 30 heavy (non-hydrogen) atoms. The smallest absolute Gasteiger partial charge is 0.254 e. The Hall–Kier alpha value is -3.91. The van der Waals surface area contributed by atoms with Crippen molar-refractivity contribution in [1.29, 1.82) is 5.26 Å². The van der Waals surface area contributed by atoms with Gasteiger partial charge in [0.1, 0.15) is 0 Å². The van der Waals surface area contributed by atoms with Gasteiger partial charge in [-0.25, -0.2) is 0 Å². The minimum Gasteiger partial charge on any atom is -0.335 e. The first-order valence-electron chi connectivity index (χ1n) is 9.91. The van der Waals surface area contributed by atoms with Gasteiger partial charge in [-0.15, -0.1) is 0 Å². The largest absolute Gasteiger partial charge is 0.335 e. The summed E-state index contributed by atoms with van der Waals surface area (Å²) < 4.78 is 0. The van der Waals surface area contributed by atoms with Crippen LogP contribution in [0.4, 0.5) is 0 Å². The van der Waals surface area contributed by atoms with Crippen molar-refractivity contribution in [3.8, 4) is 17.2 Å². The lowest BCUT2D eigenvalue weighted by molar-refractivity contribution is 0.0536. The Morgan fingerprint density at radius 3 is 1.87 bits per heavy atom. The van der Waals surface area contributed by atoms with Crippen LogP contribution in [0.3, 0.4) is 0 Å². The van der Waals surface area contributed by atoms with Gasteiger partial charge in [0.2, 0.25) is 0 Å². The second-order valence-electron chi connectivity index (χ2n) is 7.15. The number of carbonyl (C=O) groups is 2. The highest BCUT2D eigenvalue weighted by Gasteiger charge is 2.27. The molecule has 0 unspecified atom stereocenters. The quantitative estimate of drug-likeness (QED) is 0.677. The predicted molar refractivity (Wildman–Crippen MR) is 115 cm³/mol. The second-order valence-corrected chi connectivity index (χ2v) is 7.15. The van der Waals surface area contributed by atoms with Crippen LogP contribution in [0.15, 0.2) is 78.9 Å². The van der Waals surface area contributed by atoms with E-state index in [-0.39, 0.29) is 11.8 Å². The summed E-state index contributed by atoms with van der Waals surface area (Å²) in [6.45, 7) is 1.95. The summed E-state index contributed by atoms with van der Waals surface area (Å²) in [7, 11) is 0. The lowest BCUT2D eigenvalue weighted by Gasteiger charge is -2.35. The molecule has 1 saturated heterocycles. The van der Waals surface area contributed by atoms with E-state index in [1.165, 1.54) is 0 Å². The zero-order valence-corrected chi connectivity index (χ0v) is 16.5. The highest BCUT2D eigenvalue weighted by atomic mass is 16.2. The molecule has 0 radical (unpaired) electrons. The summed E-state index contributed by atoms with van der Waals surface area (Å²) >= 11 is 0.